The zero-order chi connectivity index (χ0) is 16.5. The lowest BCUT2D eigenvalue weighted by molar-refractivity contribution is 0.0657. The molecule has 2 rings (SSSR count). The van der Waals surface area contributed by atoms with Crippen molar-refractivity contribution < 1.29 is 9.47 Å². The van der Waals surface area contributed by atoms with Crippen molar-refractivity contribution in [2.45, 2.75) is 52.0 Å². The number of nitrogens with one attached hydrogen (secondary N) is 2. The van der Waals surface area contributed by atoms with Crippen LogP contribution < -0.4 is 10.6 Å². The standard InChI is InChI=1S/C18H29N3O2/c1-14(2)23-13-16-7-4-6-15(10-16)11-20-18(19-3)21-12-17-8-5-9-22-17/h4,6-7,10,14,17H,5,8-9,11-13H2,1-3H3,(H2,19,20,21). The topological polar surface area (TPSA) is 54.9 Å². The molecule has 2 N–H and O–H groups in total. The molecular formula is C18H29N3O2. The molecular weight excluding hydrogens is 290 g/mol. The number of hydrogen-bond donors (Lipinski definition) is 2. The fourth-order valence-electron chi connectivity index (χ4n) is 2.51. The van der Waals surface area contributed by atoms with Gasteiger partial charge in [0.1, 0.15) is 0 Å². The fourth-order valence-corrected chi connectivity index (χ4v) is 2.51. The molecule has 1 aromatic rings. The molecule has 1 saturated heterocycles. The maximum Gasteiger partial charge on any atom is 0.191 e. The first kappa shape index (κ1) is 17.8. The van der Waals surface area contributed by atoms with Crippen molar-refractivity contribution >= 4 is 5.96 Å². The Hall–Kier alpha value is -1.59. The van der Waals surface area contributed by atoms with Crippen LogP contribution in [0.3, 0.4) is 0 Å². The van der Waals surface area contributed by atoms with Gasteiger partial charge >= 0.3 is 0 Å². The number of rotatable bonds is 7. The molecule has 0 bridgehead atoms. The van der Waals surface area contributed by atoms with E-state index < -0.39 is 0 Å². The Kier molecular flexibility index (Phi) is 7.36. The van der Waals surface area contributed by atoms with Crippen molar-refractivity contribution in [2.75, 3.05) is 20.2 Å². The predicted molar refractivity (Wildman–Crippen MR) is 93.5 cm³/mol. The van der Waals surface area contributed by atoms with Gasteiger partial charge in [-0.2, -0.15) is 0 Å². The average Bonchev–Trinajstić information content (AvgIpc) is 3.07. The van der Waals surface area contributed by atoms with E-state index in [1.165, 1.54) is 11.1 Å². The minimum absolute atomic E-state index is 0.248. The van der Waals surface area contributed by atoms with Crippen LogP contribution in [0.15, 0.2) is 29.3 Å². The van der Waals surface area contributed by atoms with E-state index in [0.29, 0.717) is 12.7 Å². The second-order valence-corrected chi connectivity index (χ2v) is 6.12. The first-order chi connectivity index (χ1) is 11.2. The summed E-state index contributed by atoms with van der Waals surface area (Å²) in [4.78, 5) is 4.26. The number of ether oxygens (including phenoxy) is 2. The summed E-state index contributed by atoms with van der Waals surface area (Å²) in [5, 5.41) is 6.67. The van der Waals surface area contributed by atoms with Gasteiger partial charge in [-0.15, -0.1) is 0 Å². The van der Waals surface area contributed by atoms with Crippen LogP contribution in [0, 0.1) is 0 Å². The van der Waals surface area contributed by atoms with Crippen LogP contribution in [0.4, 0.5) is 0 Å². The second kappa shape index (κ2) is 9.53. The summed E-state index contributed by atoms with van der Waals surface area (Å²) in [6.07, 6.45) is 2.84. The van der Waals surface area contributed by atoms with Gasteiger partial charge in [-0.25, -0.2) is 0 Å². The van der Waals surface area contributed by atoms with Gasteiger partial charge in [0.05, 0.1) is 18.8 Å². The highest BCUT2D eigenvalue weighted by molar-refractivity contribution is 5.79. The molecule has 5 nitrogen and oxygen atoms in total. The van der Waals surface area contributed by atoms with E-state index in [-0.39, 0.29) is 6.10 Å². The molecule has 1 aromatic carbocycles. The molecule has 1 aliphatic rings. The van der Waals surface area contributed by atoms with Crippen molar-refractivity contribution in [1.82, 2.24) is 10.6 Å². The van der Waals surface area contributed by atoms with E-state index in [1.807, 2.05) is 0 Å². The quantitative estimate of drug-likeness (QED) is 0.599. The summed E-state index contributed by atoms with van der Waals surface area (Å²) in [7, 11) is 1.79. The Labute approximate surface area is 139 Å². The smallest absolute Gasteiger partial charge is 0.191 e. The van der Waals surface area contributed by atoms with Gasteiger partial charge in [-0.3, -0.25) is 4.99 Å². The number of aliphatic imine (C=N–C) groups is 1. The van der Waals surface area contributed by atoms with Gasteiger partial charge in [0.25, 0.3) is 0 Å². The van der Waals surface area contributed by atoms with E-state index in [4.69, 9.17) is 9.47 Å². The van der Waals surface area contributed by atoms with Crippen LogP contribution in [0.2, 0.25) is 0 Å². The molecule has 1 unspecified atom stereocenters. The van der Waals surface area contributed by atoms with Crippen LogP contribution in [0.5, 0.6) is 0 Å². The number of benzene rings is 1. The molecule has 1 atom stereocenters. The molecule has 1 fully saturated rings. The van der Waals surface area contributed by atoms with Crippen molar-refractivity contribution in [3.05, 3.63) is 35.4 Å². The zero-order valence-electron chi connectivity index (χ0n) is 14.5. The van der Waals surface area contributed by atoms with E-state index in [0.717, 1.165) is 38.5 Å². The van der Waals surface area contributed by atoms with Gasteiger partial charge in [-0.05, 0) is 37.8 Å². The molecule has 5 heteroatoms. The van der Waals surface area contributed by atoms with Crippen molar-refractivity contribution in [1.29, 1.82) is 0 Å². The number of guanidine groups is 1. The average molecular weight is 319 g/mol. The largest absolute Gasteiger partial charge is 0.376 e. The summed E-state index contributed by atoms with van der Waals surface area (Å²) >= 11 is 0. The molecule has 0 spiro atoms. The van der Waals surface area contributed by atoms with Gasteiger partial charge in [0.2, 0.25) is 0 Å². The minimum atomic E-state index is 0.248. The summed E-state index contributed by atoms with van der Waals surface area (Å²) in [6, 6.07) is 8.44. The molecule has 0 amide bonds. The first-order valence-electron chi connectivity index (χ1n) is 8.43. The third-order valence-electron chi connectivity index (χ3n) is 3.78. The fraction of sp³-hybridized carbons (Fsp3) is 0.611. The third-order valence-corrected chi connectivity index (χ3v) is 3.78. The summed E-state index contributed by atoms with van der Waals surface area (Å²) < 4.78 is 11.3. The highest BCUT2D eigenvalue weighted by Crippen LogP contribution is 2.10. The van der Waals surface area contributed by atoms with E-state index in [2.05, 4.69) is 53.7 Å². The van der Waals surface area contributed by atoms with Crippen LogP contribution in [-0.4, -0.2) is 38.4 Å². The maximum absolute atomic E-state index is 5.65. The Morgan fingerprint density at radius 3 is 2.87 bits per heavy atom. The summed E-state index contributed by atoms with van der Waals surface area (Å²) in [6.45, 7) is 7.17. The normalized spacial score (nSPS) is 18.4. The van der Waals surface area contributed by atoms with Crippen LogP contribution in [-0.2, 0) is 22.6 Å². The summed E-state index contributed by atoms with van der Waals surface area (Å²) in [5.74, 6) is 0.810. The highest BCUT2D eigenvalue weighted by Gasteiger charge is 2.15. The highest BCUT2D eigenvalue weighted by atomic mass is 16.5. The van der Waals surface area contributed by atoms with E-state index >= 15 is 0 Å². The van der Waals surface area contributed by atoms with Crippen molar-refractivity contribution in [3.63, 3.8) is 0 Å². The third kappa shape index (κ3) is 6.59. The number of nitrogens with zero attached hydrogens (tertiary/aromatic N) is 1. The molecule has 0 aliphatic carbocycles. The Bertz CT molecular complexity index is 497. The molecule has 0 aromatic heterocycles. The first-order valence-corrected chi connectivity index (χ1v) is 8.43. The predicted octanol–water partition coefficient (Wildman–Crippen LogP) is 2.46. The van der Waals surface area contributed by atoms with Crippen LogP contribution in [0.1, 0.15) is 37.8 Å². The van der Waals surface area contributed by atoms with Crippen molar-refractivity contribution in [2.24, 2.45) is 4.99 Å². The lowest BCUT2D eigenvalue weighted by atomic mass is 10.1. The van der Waals surface area contributed by atoms with E-state index in [9.17, 15) is 0 Å². The van der Waals surface area contributed by atoms with Gasteiger partial charge in [0.15, 0.2) is 5.96 Å². The van der Waals surface area contributed by atoms with Crippen molar-refractivity contribution in [3.8, 4) is 0 Å². The molecule has 1 aliphatic heterocycles. The lowest BCUT2D eigenvalue weighted by Gasteiger charge is -2.15. The van der Waals surface area contributed by atoms with Crippen LogP contribution >= 0.6 is 0 Å². The van der Waals surface area contributed by atoms with E-state index in [1.54, 1.807) is 7.05 Å². The minimum Gasteiger partial charge on any atom is -0.376 e. The SMILES string of the molecule is CN=C(NCc1cccc(COC(C)C)c1)NCC1CCCO1. The molecule has 0 saturated carbocycles. The zero-order valence-corrected chi connectivity index (χ0v) is 14.5. The summed E-state index contributed by atoms with van der Waals surface area (Å²) in [5.41, 5.74) is 2.41. The Morgan fingerprint density at radius 1 is 1.35 bits per heavy atom. The molecule has 0 radical (unpaired) electrons. The van der Waals surface area contributed by atoms with Crippen LogP contribution in [0.25, 0.3) is 0 Å². The maximum atomic E-state index is 5.65. The molecule has 128 valence electrons. The molecule has 23 heavy (non-hydrogen) atoms. The number of hydrogen-bond acceptors (Lipinski definition) is 3. The molecule has 1 heterocycles. The Balaban J connectivity index is 1.77. The monoisotopic (exact) mass is 319 g/mol. The lowest BCUT2D eigenvalue weighted by Crippen LogP contribution is -2.40. The van der Waals surface area contributed by atoms with Gasteiger partial charge in [-0.1, -0.05) is 24.3 Å². The second-order valence-electron chi connectivity index (χ2n) is 6.12. The van der Waals surface area contributed by atoms with Gasteiger partial charge in [0, 0.05) is 26.7 Å². The Morgan fingerprint density at radius 2 is 2.17 bits per heavy atom. The van der Waals surface area contributed by atoms with Gasteiger partial charge < -0.3 is 20.1 Å².